The minimum Gasteiger partial charge on any atom is -0.371 e. The van der Waals surface area contributed by atoms with E-state index in [0.717, 1.165) is 5.56 Å². The Morgan fingerprint density at radius 2 is 1.78 bits per heavy atom. The highest BCUT2D eigenvalue weighted by Gasteiger charge is 2.08. The van der Waals surface area contributed by atoms with Crippen LogP contribution in [0.4, 0.5) is 14.6 Å². The number of halogens is 2. The molecular formula is C12H11F2N3S. The molecule has 0 radical (unpaired) electrons. The predicted octanol–water partition coefficient (Wildman–Crippen LogP) is 3.50. The zero-order valence-corrected chi connectivity index (χ0v) is 10.4. The van der Waals surface area contributed by atoms with Gasteiger partial charge in [-0.25, -0.2) is 4.98 Å². The first-order valence-electron chi connectivity index (χ1n) is 5.24. The van der Waals surface area contributed by atoms with Crippen molar-refractivity contribution in [2.24, 2.45) is 0 Å². The Morgan fingerprint density at radius 1 is 1.11 bits per heavy atom. The molecule has 0 bridgehead atoms. The van der Waals surface area contributed by atoms with E-state index in [0.29, 0.717) is 28.2 Å². The largest absolute Gasteiger partial charge is 0.371 e. The highest BCUT2D eigenvalue weighted by Crippen LogP contribution is 2.29. The number of thioether (sulfide) groups is 1. The van der Waals surface area contributed by atoms with Crippen molar-refractivity contribution in [3.63, 3.8) is 0 Å². The molecule has 1 N–H and O–H groups in total. The lowest BCUT2D eigenvalue weighted by Gasteiger charge is -2.07. The van der Waals surface area contributed by atoms with Crippen LogP contribution in [0.3, 0.4) is 0 Å². The second-order valence-corrected chi connectivity index (χ2v) is 4.47. The van der Waals surface area contributed by atoms with Gasteiger partial charge in [0.2, 0.25) is 0 Å². The lowest BCUT2D eigenvalue weighted by atomic mass is 10.1. The average Bonchev–Trinajstić information content (AvgIpc) is 2.39. The molecule has 1 aromatic carbocycles. The molecule has 18 heavy (non-hydrogen) atoms. The smallest absolute Gasteiger partial charge is 0.288 e. The Labute approximate surface area is 108 Å². The molecular weight excluding hydrogens is 256 g/mol. The van der Waals surface area contributed by atoms with Gasteiger partial charge in [-0.3, -0.25) is 4.98 Å². The fourth-order valence-electron chi connectivity index (χ4n) is 1.53. The first-order chi connectivity index (χ1) is 8.70. The van der Waals surface area contributed by atoms with E-state index in [1.165, 1.54) is 0 Å². The van der Waals surface area contributed by atoms with E-state index in [1.807, 2.05) is 0 Å². The van der Waals surface area contributed by atoms with E-state index in [-0.39, 0.29) is 0 Å². The van der Waals surface area contributed by atoms with Crippen LogP contribution in [0, 0.1) is 0 Å². The maximum Gasteiger partial charge on any atom is 0.288 e. The second-order valence-electron chi connectivity index (χ2n) is 3.41. The van der Waals surface area contributed by atoms with Crippen LogP contribution in [0.1, 0.15) is 0 Å². The molecule has 94 valence electrons. The number of anilines is 1. The second kappa shape index (κ2) is 5.77. The quantitative estimate of drug-likeness (QED) is 0.860. The number of hydrogen-bond acceptors (Lipinski definition) is 4. The maximum atomic E-state index is 12.2. The van der Waals surface area contributed by atoms with Gasteiger partial charge in [0.1, 0.15) is 5.69 Å². The van der Waals surface area contributed by atoms with Gasteiger partial charge < -0.3 is 5.32 Å². The zero-order chi connectivity index (χ0) is 13.0. The molecule has 3 nitrogen and oxygen atoms in total. The number of hydrogen-bond donors (Lipinski definition) is 1. The van der Waals surface area contributed by atoms with Crippen LogP contribution >= 0.6 is 11.8 Å². The van der Waals surface area contributed by atoms with Gasteiger partial charge in [-0.05, 0) is 12.1 Å². The lowest BCUT2D eigenvalue weighted by Crippen LogP contribution is -1.97. The van der Waals surface area contributed by atoms with Gasteiger partial charge in [0.25, 0.3) is 5.76 Å². The minimum atomic E-state index is -2.40. The predicted molar refractivity (Wildman–Crippen MR) is 68.9 cm³/mol. The van der Waals surface area contributed by atoms with Gasteiger partial charge in [-0.1, -0.05) is 23.9 Å². The fourth-order valence-corrected chi connectivity index (χ4v) is 2.03. The van der Waals surface area contributed by atoms with E-state index in [2.05, 4.69) is 15.3 Å². The molecule has 0 saturated heterocycles. The number of benzene rings is 1. The van der Waals surface area contributed by atoms with Gasteiger partial charge in [-0.2, -0.15) is 8.78 Å². The van der Waals surface area contributed by atoms with E-state index >= 15 is 0 Å². The molecule has 1 heterocycles. The van der Waals surface area contributed by atoms with Crippen LogP contribution in [-0.4, -0.2) is 22.8 Å². The molecule has 0 aliphatic heterocycles. The van der Waals surface area contributed by atoms with E-state index in [9.17, 15) is 8.78 Å². The first kappa shape index (κ1) is 12.8. The Bertz CT molecular complexity index is 517. The SMILES string of the molecule is CNc1nccnc1-c1ccc(SC(F)F)cc1. The number of rotatable bonds is 4. The monoisotopic (exact) mass is 267 g/mol. The topological polar surface area (TPSA) is 37.8 Å². The molecule has 0 aliphatic rings. The van der Waals surface area contributed by atoms with Crippen molar-refractivity contribution >= 4 is 17.6 Å². The van der Waals surface area contributed by atoms with Crippen molar-refractivity contribution < 1.29 is 8.78 Å². The molecule has 0 fully saturated rings. The summed E-state index contributed by atoms with van der Waals surface area (Å²) >= 11 is 0.527. The number of nitrogens with one attached hydrogen (secondary N) is 1. The molecule has 0 aliphatic carbocycles. The minimum absolute atomic E-state index is 0.527. The standard InChI is InChI=1S/C12H11F2N3S/c1-15-11-10(16-6-7-17-11)8-2-4-9(5-3-8)18-12(13)14/h2-7,12H,1H3,(H,15,17). The summed E-state index contributed by atoms with van der Waals surface area (Å²) < 4.78 is 24.4. The highest BCUT2D eigenvalue weighted by molar-refractivity contribution is 7.99. The summed E-state index contributed by atoms with van der Waals surface area (Å²) in [4.78, 5) is 8.91. The molecule has 1 aromatic heterocycles. The zero-order valence-electron chi connectivity index (χ0n) is 9.60. The number of nitrogens with zero attached hydrogens (tertiary/aromatic N) is 2. The summed E-state index contributed by atoms with van der Waals surface area (Å²) in [5, 5.41) is 2.94. The molecule has 0 spiro atoms. The van der Waals surface area contributed by atoms with Crippen LogP contribution < -0.4 is 5.32 Å². The molecule has 0 atom stereocenters. The van der Waals surface area contributed by atoms with Crippen molar-refractivity contribution in [2.75, 3.05) is 12.4 Å². The average molecular weight is 267 g/mol. The molecule has 2 aromatic rings. The number of alkyl halides is 2. The summed E-state index contributed by atoms with van der Waals surface area (Å²) in [6, 6.07) is 6.83. The molecule has 2 rings (SSSR count). The molecule has 0 amide bonds. The number of aromatic nitrogens is 2. The molecule has 6 heteroatoms. The van der Waals surface area contributed by atoms with Crippen molar-refractivity contribution in [1.29, 1.82) is 0 Å². The van der Waals surface area contributed by atoms with Gasteiger partial charge in [-0.15, -0.1) is 0 Å². The van der Waals surface area contributed by atoms with Gasteiger partial charge in [0, 0.05) is 29.9 Å². The van der Waals surface area contributed by atoms with E-state index in [4.69, 9.17) is 0 Å². The van der Waals surface area contributed by atoms with Crippen molar-refractivity contribution in [3.8, 4) is 11.3 Å². The maximum absolute atomic E-state index is 12.2. The lowest BCUT2D eigenvalue weighted by molar-refractivity contribution is 0.252. The Balaban J connectivity index is 2.28. The first-order valence-corrected chi connectivity index (χ1v) is 6.12. The van der Waals surface area contributed by atoms with Crippen LogP contribution in [0.25, 0.3) is 11.3 Å². The Kier molecular flexibility index (Phi) is 4.09. The summed E-state index contributed by atoms with van der Waals surface area (Å²) in [6.45, 7) is 0. The van der Waals surface area contributed by atoms with Crippen LogP contribution in [-0.2, 0) is 0 Å². The third-order valence-electron chi connectivity index (χ3n) is 2.29. The fraction of sp³-hybridized carbons (Fsp3) is 0.167. The van der Waals surface area contributed by atoms with Crippen molar-refractivity contribution in [2.45, 2.75) is 10.7 Å². The van der Waals surface area contributed by atoms with Crippen LogP contribution in [0.5, 0.6) is 0 Å². The van der Waals surface area contributed by atoms with Crippen LogP contribution in [0.15, 0.2) is 41.6 Å². The Hall–Kier alpha value is -1.69. The molecule has 0 unspecified atom stereocenters. The third kappa shape index (κ3) is 2.95. The summed E-state index contributed by atoms with van der Waals surface area (Å²) in [5.41, 5.74) is 1.54. The molecule has 0 saturated carbocycles. The van der Waals surface area contributed by atoms with Gasteiger partial charge >= 0.3 is 0 Å². The highest BCUT2D eigenvalue weighted by atomic mass is 32.2. The normalized spacial score (nSPS) is 10.7. The summed E-state index contributed by atoms with van der Waals surface area (Å²) in [6.07, 6.45) is 3.19. The van der Waals surface area contributed by atoms with Crippen molar-refractivity contribution in [1.82, 2.24) is 9.97 Å². The van der Waals surface area contributed by atoms with Crippen molar-refractivity contribution in [3.05, 3.63) is 36.7 Å². The third-order valence-corrected chi connectivity index (χ3v) is 3.01. The summed E-state index contributed by atoms with van der Waals surface area (Å²) in [7, 11) is 1.76. The van der Waals surface area contributed by atoms with E-state index in [1.54, 1.807) is 43.7 Å². The Morgan fingerprint density at radius 3 is 2.39 bits per heavy atom. The van der Waals surface area contributed by atoms with E-state index < -0.39 is 5.76 Å². The van der Waals surface area contributed by atoms with Gasteiger partial charge in [0.15, 0.2) is 5.82 Å². The van der Waals surface area contributed by atoms with Crippen LogP contribution in [0.2, 0.25) is 0 Å². The summed E-state index contributed by atoms with van der Waals surface area (Å²) in [5.74, 6) is -1.74. The van der Waals surface area contributed by atoms with Gasteiger partial charge in [0.05, 0.1) is 0 Å².